The van der Waals surface area contributed by atoms with Crippen molar-refractivity contribution < 1.29 is 28.2 Å². The molecule has 1 unspecified atom stereocenters. The highest BCUT2D eigenvalue weighted by atomic mass is 16.5. The Morgan fingerprint density at radius 2 is 1.56 bits per heavy atom. The zero-order chi connectivity index (χ0) is 29.5. The van der Waals surface area contributed by atoms with E-state index in [1.165, 1.54) is 0 Å². The van der Waals surface area contributed by atoms with E-state index in [1.54, 1.807) is 19.2 Å². The summed E-state index contributed by atoms with van der Waals surface area (Å²) in [5.41, 5.74) is 5.54. The number of hydrogen-bond acceptors (Lipinski definition) is 6. The Kier molecular flexibility index (Phi) is 7.47. The average Bonchev–Trinajstić information content (AvgIpc) is 3.00. The van der Waals surface area contributed by atoms with Gasteiger partial charge in [0.2, 0.25) is 0 Å². The third kappa shape index (κ3) is 6.19. The van der Waals surface area contributed by atoms with E-state index >= 15 is 0 Å². The molecule has 6 heteroatoms. The van der Waals surface area contributed by atoms with Crippen LogP contribution in [0.15, 0.2) is 84.9 Å². The molecule has 2 N–H and O–H groups in total. The lowest BCUT2D eigenvalue weighted by atomic mass is 9.88. The molecule has 0 aromatic heterocycles. The van der Waals surface area contributed by atoms with Crippen molar-refractivity contribution >= 4 is 0 Å². The van der Waals surface area contributed by atoms with Crippen molar-refractivity contribution in [2.24, 2.45) is 0 Å². The summed E-state index contributed by atoms with van der Waals surface area (Å²) in [5.74, 6) is 1.64. The van der Waals surface area contributed by atoms with Crippen molar-refractivity contribution in [1.29, 1.82) is 0 Å². The topological polar surface area (TPSA) is 69.2 Å². The molecule has 0 saturated heterocycles. The number of rotatable bonds is 11. The fourth-order valence-electron chi connectivity index (χ4n) is 5.04. The molecule has 0 bridgehead atoms. The molecule has 39 heavy (non-hydrogen) atoms. The van der Waals surface area contributed by atoms with Crippen LogP contribution in [-0.2, 0) is 32.7 Å². The van der Waals surface area contributed by atoms with Crippen molar-refractivity contribution in [3.05, 3.63) is 118 Å². The normalized spacial score (nSPS) is 15.8. The Labute approximate surface area is 234 Å². The number of fused-ring (bicyclic) bond motifs is 1. The molecule has 202 valence electrons. The number of aliphatic hydroxyl groups excluding tert-OH is 1. The monoisotopic (exact) mass is 528 g/mol. The second-order valence-electron chi connectivity index (χ2n) is 9.50. The first-order chi connectivity index (χ1) is 20.3. The smallest absolute Gasteiger partial charge is 0.167 e. The molecule has 1 atom stereocenters. The van der Waals surface area contributed by atoms with E-state index in [-0.39, 0.29) is 30.8 Å². The molecule has 0 fully saturated rings. The minimum Gasteiger partial charge on any atom is -0.493 e. The number of ether oxygens (including phenoxy) is 4. The fraction of sp³-hybridized carbons (Fsp3) is 0.273. The summed E-state index contributed by atoms with van der Waals surface area (Å²) in [4.78, 5) is 0. The van der Waals surface area contributed by atoms with Gasteiger partial charge in [-0.05, 0) is 65.4 Å². The van der Waals surface area contributed by atoms with E-state index in [4.69, 9.17) is 23.1 Å². The summed E-state index contributed by atoms with van der Waals surface area (Å²) in [6, 6.07) is 26.9. The highest BCUT2D eigenvalue weighted by Gasteiger charge is 2.25. The Morgan fingerprint density at radius 3 is 2.23 bits per heavy atom. The lowest BCUT2D eigenvalue weighted by molar-refractivity contribution is 0.248. The van der Waals surface area contributed by atoms with Gasteiger partial charge in [0.1, 0.15) is 13.2 Å². The quantitative estimate of drug-likeness (QED) is 0.257. The molecule has 4 aromatic rings. The lowest BCUT2D eigenvalue weighted by Crippen LogP contribution is -2.31. The molecule has 4 aromatic carbocycles. The number of aliphatic hydroxyl groups is 1. The number of methoxy groups -OCH3 is 2. The summed E-state index contributed by atoms with van der Waals surface area (Å²) < 4.78 is 46.2. The molecule has 0 radical (unpaired) electrons. The van der Waals surface area contributed by atoms with Gasteiger partial charge in [-0.2, -0.15) is 0 Å². The standard InChI is InChI=1S/C33H35NO5/c1-36-30-14-13-25(28(20-35)33(30)39-22-24-11-7-4-8-12-24)17-29-27-19-32(38-21-23-9-5-3-6-10-23)31(37-2)18-26(27)15-16-34-29/h3-14,18-19,29,34-35H,15-17,20-22H2,1-2H3/i1D3. The van der Waals surface area contributed by atoms with E-state index in [0.29, 0.717) is 30.1 Å². The lowest BCUT2D eigenvalue weighted by Gasteiger charge is -2.29. The molecule has 5 rings (SSSR count). The largest absolute Gasteiger partial charge is 0.493 e. The van der Waals surface area contributed by atoms with Crippen LogP contribution in [0.1, 0.15) is 43.5 Å². The van der Waals surface area contributed by atoms with Gasteiger partial charge >= 0.3 is 0 Å². The van der Waals surface area contributed by atoms with Gasteiger partial charge in [-0.15, -0.1) is 0 Å². The zero-order valence-corrected chi connectivity index (χ0v) is 22.0. The highest BCUT2D eigenvalue weighted by Crippen LogP contribution is 2.40. The van der Waals surface area contributed by atoms with E-state index < -0.39 is 7.04 Å². The van der Waals surface area contributed by atoms with Gasteiger partial charge in [-0.1, -0.05) is 66.7 Å². The highest BCUT2D eigenvalue weighted by molar-refractivity contribution is 5.53. The molecular formula is C33H35NO5. The van der Waals surface area contributed by atoms with Gasteiger partial charge in [0.15, 0.2) is 23.0 Å². The van der Waals surface area contributed by atoms with E-state index in [1.807, 2.05) is 72.8 Å². The van der Waals surface area contributed by atoms with Crippen molar-refractivity contribution in [3.8, 4) is 23.0 Å². The molecule has 1 heterocycles. The minimum absolute atomic E-state index is 0.0667. The van der Waals surface area contributed by atoms with Crippen LogP contribution in [0.4, 0.5) is 0 Å². The van der Waals surface area contributed by atoms with Crippen LogP contribution < -0.4 is 24.3 Å². The molecule has 1 aliphatic rings. The molecule has 1 aliphatic heterocycles. The Morgan fingerprint density at radius 1 is 0.846 bits per heavy atom. The number of hydrogen-bond donors (Lipinski definition) is 2. The molecule has 0 aliphatic carbocycles. The van der Waals surface area contributed by atoms with Crippen LogP contribution in [0.2, 0.25) is 0 Å². The van der Waals surface area contributed by atoms with Gasteiger partial charge < -0.3 is 29.4 Å². The third-order valence-electron chi connectivity index (χ3n) is 7.06. The Balaban J connectivity index is 1.45. The third-order valence-corrected chi connectivity index (χ3v) is 7.06. The Hall–Kier alpha value is -4.00. The summed E-state index contributed by atoms with van der Waals surface area (Å²) in [6.07, 6.45) is 1.37. The molecule has 6 nitrogen and oxygen atoms in total. The SMILES string of the molecule is [2H]C([2H])([2H])Oc1ccc(CC2NCCc3cc(OC)c(OCc4ccccc4)cc32)c(CO)c1OCc1ccccc1. The van der Waals surface area contributed by atoms with Crippen LogP contribution >= 0.6 is 0 Å². The first kappa shape index (κ1) is 22.9. The Bertz CT molecular complexity index is 1480. The first-order valence-corrected chi connectivity index (χ1v) is 13.1. The molecule has 0 spiro atoms. The maximum absolute atomic E-state index is 10.5. The second-order valence-corrected chi connectivity index (χ2v) is 9.50. The van der Waals surface area contributed by atoms with Crippen molar-refractivity contribution in [3.63, 3.8) is 0 Å². The maximum Gasteiger partial charge on any atom is 0.167 e. The molecular weight excluding hydrogens is 490 g/mol. The maximum atomic E-state index is 10.5. The van der Waals surface area contributed by atoms with Crippen molar-refractivity contribution in [2.75, 3.05) is 20.7 Å². The molecule has 0 saturated carbocycles. The predicted molar refractivity (Wildman–Crippen MR) is 152 cm³/mol. The van der Waals surface area contributed by atoms with Crippen LogP contribution in [0.3, 0.4) is 0 Å². The van der Waals surface area contributed by atoms with Crippen molar-refractivity contribution in [1.82, 2.24) is 5.32 Å². The van der Waals surface area contributed by atoms with Gasteiger partial charge in [-0.25, -0.2) is 0 Å². The first-order valence-electron chi connectivity index (χ1n) is 14.6. The van der Waals surface area contributed by atoms with Crippen LogP contribution in [0.25, 0.3) is 0 Å². The minimum atomic E-state index is -2.67. The average molecular weight is 529 g/mol. The fourth-order valence-corrected chi connectivity index (χ4v) is 5.04. The summed E-state index contributed by atoms with van der Waals surface area (Å²) in [7, 11) is -1.03. The van der Waals surface area contributed by atoms with Gasteiger partial charge in [0, 0.05) is 11.6 Å². The van der Waals surface area contributed by atoms with Crippen LogP contribution in [0, 0.1) is 0 Å². The van der Waals surface area contributed by atoms with Gasteiger partial charge in [0.25, 0.3) is 0 Å². The zero-order valence-electron chi connectivity index (χ0n) is 25.0. The summed E-state index contributed by atoms with van der Waals surface area (Å²) in [5, 5.41) is 14.1. The van der Waals surface area contributed by atoms with Crippen LogP contribution in [-0.4, -0.2) is 25.8 Å². The van der Waals surface area contributed by atoms with Crippen LogP contribution in [0.5, 0.6) is 23.0 Å². The number of benzene rings is 4. The molecule has 0 amide bonds. The van der Waals surface area contributed by atoms with Crippen molar-refractivity contribution in [2.45, 2.75) is 38.7 Å². The number of nitrogens with one attached hydrogen (secondary N) is 1. The second kappa shape index (κ2) is 12.7. The summed E-state index contributed by atoms with van der Waals surface area (Å²) in [6.45, 7) is 1.04. The summed E-state index contributed by atoms with van der Waals surface area (Å²) >= 11 is 0. The van der Waals surface area contributed by atoms with Gasteiger partial charge in [-0.3, -0.25) is 0 Å². The van der Waals surface area contributed by atoms with E-state index in [0.717, 1.165) is 40.8 Å². The van der Waals surface area contributed by atoms with Gasteiger partial charge in [0.05, 0.1) is 24.9 Å². The van der Waals surface area contributed by atoms with E-state index in [2.05, 4.69) is 5.32 Å². The predicted octanol–water partition coefficient (Wildman–Crippen LogP) is 5.78. The van der Waals surface area contributed by atoms with E-state index in [9.17, 15) is 5.11 Å².